The fraction of sp³-hybridized carbons (Fsp3) is 0. The summed E-state index contributed by atoms with van der Waals surface area (Å²) in [6.45, 7) is 3.50. The third-order valence-electron chi connectivity index (χ3n) is 1.89. The van der Waals surface area contributed by atoms with E-state index in [9.17, 15) is 0 Å². The summed E-state index contributed by atoms with van der Waals surface area (Å²) in [5, 5.41) is 2.25. The molecule has 61 valence electrons. The van der Waals surface area contributed by atoms with Crippen LogP contribution in [0.25, 0.3) is 10.8 Å². The van der Waals surface area contributed by atoms with Crippen LogP contribution in [-0.4, -0.2) is 4.98 Å². The Labute approximate surface area is 77.4 Å². The topological polar surface area (TPSA) is 12.9 Å². The lowest BCUT2D eigenvalue weighted by atomic mass is 10.1. The predicted molar refractivity (Wildman–Crippen MR) is 54.0 cm³/mol. The van der Waals surface area contributed by atoms with Gasteiger partial charge in [-0.25, -0.2) is 0 Å². The highest BCUT2D eigenvalue weighted by atomic mass is 14.6. The number of benzene rings is 1. The van der Waals surface area contributed by atoms with Crippen molar-refractivity contribution < 1.29 is 0 Å². The van der Waals surface area contributed by atoms with E-state index < -0.39 is 0 Å². The summed E-state index contributed by atoms with van der Waals surface area (Å²) < 4.78 is 0. The molecule has 1 aromatic carbocycles. The maximum Gasteiger partial charge on any atom is 0.0507 e. The van der Waals surface area contributed by atoms with Crippen molar-refractivity contribution in [2.24, 2.45) is 0 Å². The van der Waals surface area contributed by atoms with Crippen LogP contribution < -0.4 is 0 Å². The number of rotatable bonds is 0. The molecule has 0 N–H and O–H groups in total. The predicted octanol–water partition coefficient (Wildman–Crippen LogP) is 2.42. The zero-order valence-corrected chi connectivity index (χ0v) is 7.12. The monoisotopic (exact) mass is 166 g/mol. The van der Waals surface area contributed by atoms with Crippen LogP contribution in [0.5, 0.6) is 0 Å². The van der Waals surface area contributed by atoms with Gasteiger partial charge in [0, 0.05) is 30.1 Å². The molecule has 1 nitrogen and oxygen atoms in total. The molecule has 2 aromatic rings. The van der Waals surface area contributed by atoms with Crippen molar-refractivity contribution >= 4 is 10.8 Å². The summed E-state index contributed by atoms with van der Waals surface area (Å²) >= 11 is 0. The van der Waals surface area contributed by atoms with Crippen LogP contribution in [0.1, 0.15) is 5.56 Å². The molecule has 0 amide bonds. The van der Waals surface area contributed by atoms with Gasteiger partial charge in [-0.1, -0.05) is 36.1 Å². The molecule has 1 radical (unpaired) electrons. The van der Waals surface area contributed by atoms with E-state index >= 15 is 0 Å². The van der Waals surface area contributed by atoms with Gasteiger partial charge >= 0.3 is 0 Å². The standard InChI is InChI=1S/C12H8N/c1-2-5-10-8-13-9-11-6-3-4-7-12(10)11/h3-4,6-9H,1H2. The molecular formula is C12H8N. The quantitative estimate of drug-likeness (QED) is 0.548. The second-order valence-electron chi connectivity index (χ2n) is 2.71. The largest absolute Gasteiger partial charge is 0.263 e. The Bertz CT molecular complexity index is 484. The normalized spacial score (nSPS) is 9.31. The number of nitrogens with zero attached hydrogens (tertiary/aromatic N) is 1. The van der Waals surface area contributed by atoms with Crippen molar-refractivity contribution in [2.75, 3.05) is 0 Å². The van der Waals surface area contributed by atoms with E-state index in [1.54, 1.807) is 6.20 Å². The molecule has 0 saturated carbocycles. The molecule has 0 aliphatic carbocycles. The van der Waals surface area contributed by atoms with Crippen molar-refractivity contribution in [1.29, 1.82) is 0 Å². The Kier molecular flexibility index (Phi) is 1.97. The van der Waals surface area contributed by atoms with Gasteiger partial charge in [-0.05, 0) is 0 Å². The second kappa shape index (κ2) is 3.28. The summed E-state index contributed by atoms with van der Waals surface area (Å²) in [7, 11) is 0. The fourth-order valence-corrected chi connectivity index (χ4v) is 1.31. The Balaban J connectivity index is 2.80. The van der Waals surface area contributed by atoms with Gasteiger partial charge in [0.2, 0.25) is 0 Å². The molecule has 13 heavy (non-hydrogen) atoms. The molecule has 0 aliphatic heterocycles. The van der Waals surface area contributed by atoms with Gasteiger partial charge in [-0.3, -0.25) is 4.98 Å². The highest BCUT2D eigenvalue weighted by molar-refractivity contribution is 5.87. The van der Waals surface area contributed by atoms with E-state index in [0.29, 0.717) is 0 Å². The van der Waals surface area contributed by atoms with Gasteiger partial charge in [0.15, 0.2) is 0 Å². The molecule has 0 fully saturated rings. The first-order valence-electron chi connectivity index (χ1n) is 4.02. The number of pyridine rings is 1. The molecule has 0 aliphatic rings. The molecule has 1 aromatic heterocycles. The van der Waals surface area contributed by atoms with Crippen molar-refractivity contribution in [3.63, 3.8) is 0 Å². The Morgan fingerprint density at radius 3 is 2.85 bits per heavy atom. The van der Waals surface area contributed by atoms with Crippen LogP contribution in [0.3, 0.4) is 0 Å². The smallest absolute Gasteiger partial charge is 0.0507 e. The molecule has 1 heterocycles. The van der Waals surface area contributed by atoms with Crippen molar-refractivity contribution in [1.82, 2.24) is 4.98 Å². The van der Waals surface area contributed by atoms with E-state index in [1.807, 2.05) is 30.5 Å². The van der Waals surface area contributed by atoms with Crippen LogP contribution in [0.15, 0.2) is 36.7 Å². The van der Waals surface area contributed by atoms with Crippen molar-refractivity contribution in [3.05, 3.63) is 49.1 Å². The third kappa shape index (κ3) is 1.39. The Morgan fingerprint density at radius 2 is 2.00 bits per heavy atom. The molecule has 0 unspecified atom stereocenters. The average Bonchev–Trinajstić information content (AvgIpc) is 2.19. The van der Waals surface area contributed by atoms with Crippen LogP contribution >= 0.6 is 0 Å². The van der Waals surface area contributed by atoms with E-state index in [-0.39, 0.29) is 0 Å². The lowest BCUT2D eigenvalue weighted by Crippen LogP contribution is -1.81. The van der Waals surface area contributed by atoms with Crippen LogP contribution in [0.4, 0.5) is 0 Å². The number of hydrogen-bond donors (Lipinski definition) is 0. The highest BCUT2D eigenvalue weighted by Gasteiger charge is 1.96. The zero-order valence-electron chi connectivity index (χ0n) is 7.12. The fourth-order valence-electron chi connectivity index (χ4n) is 1.31. The Hall–Kier alpha value is -1.81. The first kappa shape index (κ1) is 7.82. The minimum Gasteiger partial charge on any atom is -0.263 e. The first-order chi connectivity index (χ1) is 6.42. The Morgan fingerprint density at radius 1 is 1.15 bits per heavy atom. The number of hydrogen-bond acceptors (Lipinski definition) is 1. The number of aromatic nitrogens is 1. The molecule has 2 rings (SSSR count). The summed E-state index contributed by atoms with van der Waals surface area (Å²) in [6, 6.07) is 8.05. The van der Waals surface area contributed by atoms with Gasteiger partial charge in [0.1, 0.15) is 0 Å². The summed E-state index contributed by atoms with van der Waals surface area (Å²) in [6.07, 6.45) is 3.60. The highest BCUT2D eigenvalue weighted by Crippen LogP contribution is 2.15. The van der Waals surface area contributed by atoms with E-state index in [0.717, 1.165) is 16.3 Å². The minimum absolute atomic E-state index is 0.938. The van der Waals surface area contributed by atoms with Crippen LogP contribution in [-0.2, 0) is 0 Å². The minimum atomic E-state index is 0.938. The SMILES string of the molecule is [CH2]C#Cc1cncc2ccccc12. The third-order valence-corrected chi connectivity index (χ3v) is 1.89. The summed E-state index contributed by atoms with van der Waals surface area (Å²) in [5.41, 5.74) is 0.938. The zero-order chi connectivity index (χ0) is 9.10. The van der Waals surface area contributed by atoms with Gasteiger partial charge in [0.25, 0.3) is 0 Å². The van der Waals surface area contributed by atoms with Crippen molar-refractivity contribution in [3.8, 4) is 11.8 Å². The molecule has 0 spiro atoms. The molecule has 1 heteroatoms. The van der Waals surface area contributed by atoms with Gasteiger partial charge in [-0.2, -0.15) is 0 Å². The van der Waals surface area contributed by atoms with Crippen LogP contribution in [0.2, 0.25) is 0 Å². The van der Waals surface area contributed by atoms with Gasteiger partial charge in [-0.15, -0.1) is 0 Å². The number of fused-ring (bicyclic) bond motifs is 1. The molecule has 0 atom stereocenters. The summed E-state index contributed by atoms with van der Waals surface area (Å²) in [4.78, 5) is 4.10. The van der Waals surface area contributed by atoms with E-state index in [1.165, 1.54) is 0 Å². The lowest BCUT2D eigenvalue weighted by molar-refractivity contribution is 1.35. The van der Waals surface area contributed by atoms with Gasteiger partial charge < -0.3 is 0 Å². The molecular weight excluding hydrogens is 158 g/mol. The van der Waals surface area contributed by atoms with E-state index in [2.05, 4.69) is 23.7 Å². The maximum atomic E-state index is 4.10. The van der Waals surface area contributed by atoms with Gasteiger partial charge in [0.05, 0.1) is 5.56 Å². The van der Waals surface area contributed by atoms with Crippen molar-refractivity contribution in [2.45, 2.75) is 0 Å². The summed E-state index contributed by atoms with van der Waals surface area (Å²) in [5.74, 6) is 5.56. The first-order valence-corrected chi connectivity index (χ1v) is 4.02. The molecule has 0 bridgehead atoms. The average molecular weight is 166 g/mol. The van der Waals surface area contributed by atoms with Crippen LogP contribution in [0, 0.1) is 18.8 Å². The maximum absolute atomic E-state index is 4.10. The molecule has 0 saturated heterocycles. The second-order valence-corrected chi connectivity index (χ2v) is 2.71. The lowest BCUT2D eigenvalue weighted by Gasteiger charge is -1.97. The van der Waals surface area contributed by atoms with E-state index in [4.69, 9.17) is 0 Å².